The summed E-state index contributed by atoms with van der Waals surface area (Å²) in [6.07, 6.45) is 1.78. The molecule has 0 aliphatic rings. The van der Waals surface area contributed by atoms with E-state index in [1.165, 1.54) is 17.7 Å². The Labute approximate surface area is 123 Å². The van der Waals surface area contributed by atoms with Crippen molar-refractivity contribution in [1.29, 1.82) is 0 Å². The molecule has 1 unspecified atom stereocenters. The summed E-state index contributed by atoms with van der Waals surface area (Å²) >= 11 is 0. The Balaban J connectivity index is 1.72. The van der Waals surface area contributed by atoms with Crippen molar-refractivity contribution >= 4 is 0 Å². The maximum Gasteiger partial charge on any atom is 0.163 e. The molecule has 0 aliphatic carbocycles. The molecule has 21 heavy (non-hydrogen) atoms. The third kappa shape index (κ3) is 4.62. The van der Waals surface area contributed by atoms with E-state index in [0.717, 1.165) is 18.9 Å². The van der Waals surface area contributed by atoms with Gasteiger partial charge in [0.1, 0.15) is 0 Å². The number of aryl methyl sites for hydroxylation is 1. The van der Waals surface area contributed by atoms with Gasteiger partial charge in [0.2, 0.25) is 0 Å². The maximum atomic E-state index is 13.5. The molecule has 0 fully saturated rings. The summed E-state index contributed by atoms with van der Waals surface area (Å²) < 4.78 is 32.1. The molecule has 0 aromatic heterocycles. The minimum absolute atomic E-state index is 0.151. The van der Waals surface area contributed by atoms with E-state index in [1.54, 1.807) is 0 Å². The van der Waals surface area contributed by atoms with Crippen LogP contribution in [0.25, 0.3) is 0 Å². The Kier molecular flexibility index (Phi) is 5.84. The third-order valence-corrected chi connectivity index (χ3v) is 3.28. The molecule has 4 heteroatoms. The molecular formula is C17H19F2NO. The lowest BCUT2D eigenvalue weighted by Crippen LogP contribution is -2.19. The molecule has 0 spiro atoms. The van der Waals surface area contributed by atoms with Gasteiger partial charge in [-0.1, -0.05) is 42.5 Å². The van der Waals surface area contributed by atoms with Crippen LogP contribution in [0.15, 0.2) is 48.5 Å². The molecule has 2 aromatic rings. The normalized spacial score (nSPS) is 12.3. The predicted octanol–water partition coefficient (Wildman–Crippen LogP) is 3.61. The molecule has 0 bridgehead atoms. The van der Waals surface area contributed by atoms with E-state index in [-0.39, 0.29) is 12.2 Å². The van der Waals surface area contributed by atoms with Crippen molar-refractivity contribution in [3.05, 3.63) is 71.3 Å². The molecular weight excluding hydrogens is 272 g/mol. The van der Waals surface area contributed by atoms with Gasteiger partial charge in [0.25, 0.3) is 0 Å². The van der Waals surface area contributed by atoms with Crippen LogP contribution in [-0.2, 0) is 11.2 Å². The monoisotopic (exact) mass is 291 g/mol. The van der Waals surface area contributed by atoms with Crippen LogP contribution in [0.4, 0.5) is 8.78 Å². The highest BCUT2D eigenvalue weighted by Gasteiger charge is 2.14. The van der Waals surface area contributed by atoms with Gasteiger partial charge in [0.05, 0.1) is 12.6 Å². The second-order valence-electron chi connectivity index (χ2n) is 4.91. The van der Waals surface area contributed by atoms with Crippen molar-refractivity contribution in [3.63, 3.8) is 0 Å². The quantitative estimate of drug-likeness (QED) is 0.791. The predicted molar refractivity (Wildman–Crippen MR) is 78.9 cm³/mol. The first-order chi connectivity index (χ1) is 10.2. The summed E-state index contributed by atoms with van der Waals surface area (Å²) in [5.74, 6) is -1.77. The zero-order valence-corrected chi connectivity index (χ0v) is 11.8. The van der Waals surface area contributed by atoms with Crippen molar-refractivity contribution in [2.75, 3.05) is 13.2 Å². The van der Waals surface area contributed by atoms with Crippen LogP contribution in [0.3, 0.4) is 0 Å². The van der Waals surface area contributed by atoms with Gasteiger partial charge in [-0.25, -0.2) is 8.78 Å². The van der Waals surface area contributed by atoms with Gasteiger partial charge >= 0.3 is 0 Å². The van der Waals surface area contributed by atoms with E-state index < -0.39 is 17.7 Å². The van der Waals surface area contributed by atoms with Crippen LogP contribution >= 0.6 is 0 Å². The lowest BCUT2D eigenvalue weighted by atomic mass is 10.1. The Morgan fingerprint density at radius 3 is 2.52 bits per heavy atom. The Bertz CT molecular complexity index is 560. The second kappa shape index (κ2) is 7.86. The van der Waals surface area contributed by atoms with Crippen molar-refractivity contribution in [3.8, 4) is 0 Å². The maximum absolute atomic E-state index is 13.5. The minimum atomic E-state index is -0.891. The molecule has 0 amide bonds. The molecule has 0 saturated heterocycles. The summed E-state index contributed by atoms with van der Waals surface area (Å²) in [5.41, 5.74) is 7.23. The number of benzene rings is 2. The fraction of sp³-hybridized carbons (Fsp3) is 0.294. The van der Waals surface area contributed by atoms with Crippen LogP contribution < -0.4 is 5.73 Å². The number of hydrogen-bond donors (Lipinski definition) is 1. The standard InChI is InChI=1S/C17H19F2NO/c18-15-10-4-9-14(17(15)19)16(20)12-21-11-5-8-13-6-2-1-3-7-13/h1-4,6-7,9-10,16H,5,8,11-12,20H2. The van der Waals surface area contributed by atoms with Crippen LogP contribution in [0.5, 0.6) is 0 Å². The van der Waals surface area contributed by atoms with E-state index in [9.17, 15) is 8.78 Å². The molecule has 0 radical (unpaired) electrons. The summed E-state index contributed by atoms with van der Waals surface area (Å²) in [7, 11) is 0. The largest absolute Gasteiger partial charge is 0.379 e. The average molecular weight is 291 g/mol. The lowest BCUT2D eigenvalue weighted by Gasteiger charge is -2.13. The first kappa shape index (κ1) is 15.6. The van der Waals surface area contributed by atoms with Crippen LogP contribution in [0.1, 0.15) is 23.6 Å². The summed E-state index contributed by atoms with van der Waals surface area (Å²) in [6.45, 7) is 0.717. The van der Waals surface area contributed by atoms with Gasteiger partial charge in [-0.05, 0) is 24.5 Å². The second-order valence-corrected chi connectivity index (χ2v) is 4.91. The summed E-state index contributed by atoms with van der Waals surface area (Å²) in [6, 6.07) is 13.5. The van der Waals surface area contributed by atoms with E-state index in [2.05, 4.69) is 12.1 Å². The molecule has 2 aromatic carbocycles. The highest BCUT2D eigenvalue weighted by molar-refractivity contribution is 5.22. The highest BCUT2D eigenvalue weighted by Crippen LogP contribution is 2.17. The lowest BCUT2D eigenvalue weighted by molar-refractivity contribution is 0.118. The smallest absolute Gasteiger partial charge is 0.163 e. The molecule has 2 nitrogen and oxygen atoms in total. The molecule has 0 heterocycles. The van der Waals surface area contributed by atoms with Crippen LogP contribution in [0, 0.1) is 11.6 Å². The Morgan fingerprint density at radius 2 is 1.76 bits per heavy atom. The topological polar surface area (TPSA) is 35.2 Å². The number of hydrogen-bond acceptors (Lipinski definition) is 2. The Hall–Kier alpha value is -1.78. The summed E-state index contributed by atoms with van der Waals surface area (Å²) in [5, 5.41) is 0. The van der Waals surface area contributed by atoms with E-state index >= 15 is 0 Å². The van der Waals surface area contributed by atoms with Crippen LogP contribution in [0.2, 0.25) is 0 Å². The van der Waals surface area contributed by atoms with Crippen molar-refractivity contribution in [1.82, 2.24) is 0 Å². The Morgan fingerprint density at radius 1 is 1.00 bits per heavy atom. The van der Waals surface area contributed by atoms with Crippen molar-refractivity contribution in [2.24, 2.45) is 5.73 Å². The molecule has 0 saturated carbocycles. The number of rotatable bonds is 7. The highest BCUT2D eigenvalue weighted by atomic mass is 19.2. The molecule has 2 N–H and O–H groups in total. The summed E-state index contributed by atoms with van der Waals surface area (Å²) in [4.78, 5) is 0. The average Bonchev–Trinajstić information content (AvgIpc) is 2.50. The van der Waals surface area contributed by atoms with Crippen molar-refractivity contribution < 1.29 is 13.5 Å². The van der Waals surface area contributed by atoms with E-state index in [1.807, 2.05) is 18.2 Å². The van der Waals surface area contributed by atoms with Crippen LogP contribution in [-0.4, -0.2) is 13.2 Å². The minimum Gasteiger partial charge on any atom is -0.379 e. The SMILES string of the molecule is NC(COCCCc1ccccc1)c1cccc(F)c1F. The number of ether oxygens (including phenoxy) is 1. The van der Waals surface area contributed by atoms with E-state index in [4.69, 9.17) is 10.5 Å². The molecule has 112 valence electrons. The van der Waals surface area contributed by atoms with Gasteiger partial charge in [-0.2, -0.15) is 0 Å². The van der Waals surface area contributed by atoms with Gasteiger partial charge in [-0.3, -0.25) is 0 Å². The fourth-order valence-electron chi connectivity index (χ4n) is 2.13. The molecule has 0 aliphatic heterocycles. The van der Waals surface area contributed by atoms with Gasteiger partial charge in [0, 0.05) is 12.2 Å². The number of nitrogens with two attached hydrogens (primary N) is 1. The first-order valence-electron chi connectivity index (χ1n) is 6.99. The molecule has 1 atom stereocenters. The van der Waals surface area contributed by atoms with Gasteiger partial charge < -0.3 is 10.5 Å². The first-order valence-corrected chi connectivity index (χ1v) is 6.99. The zero-order valence-electron chi connectivity index (χ0n) is 11.8. The van der Waals surface area contributed by atoms with Crippen molar-refractivity contribution in [2.45, 2.75) is 18.9 Å². The zero-order chi connectivity index (χ0) is 15.1. The molecule has 2 rings (SSSR count). The van der Waals surface area contributed by atoms with Gasteiger partial charge in [0.15, 0.2) is 11.6 Å². The fourth-order valence-corrected chi connectivity index (χ4v) is 2.13. The number of halogens is 2. The van der Waals surface area contributed by atoms with E-state index in [0.29, 0.717) is 6.61 Å². The van der Waals surface area contributed by atoms with Gasteiger partial charge in [-0.15, -0.1) is 0 Å². The third-order valence-electron chi connectivity index (χ3n) is 3.28.